The Hall–Kier alpha value is -0.530. The van der Waals surface area contributed by atoms with Gasteiger partial charge in [-0.3, -0.25) is 4.79 Å². The predicted octanol–water partition coefficient (Wildman–Crippen LogP) is 3.69. The fourth-order valence-electron chi connectivity index (χ4n) is 1.47. The summed E-state index contributed by atoms with van der Waals surface area (Å²) < 4.78 is 5.39. The maximum atomic E-state index is 11.3. The SMILES string of the molecule is CCCCC(=O)OC(CCC)CCC. The van der Waals surface area contributed by atoms with Crippen molar-refractivity contribution in [2.45, 2.75) is 71.8 Å². The van der Waals surface area contributed by atoms with Gasteiger partial charge in [0.15, 0.2) is 0 Å². The zero-order valence-corrected chi connectivity index (χ0v) is 9.84. The molecular formula is C12H24O2. The fourth-order valence-corrected chi connectivity index (χ4v) is 1.47. The van der Waals surface area contributed by atoms with Gasteiger partial charge >= 0.3 is 5.97 Å². The van der Waals surface area contributed by atoms with Crippen molar-refractivity contribution in [1.29, 1.82) is 0 Å². The zero-order chi connectivity index (χ0) is 10.8. The van der Waals surface area contributed by atoms with Crippen molar-refractivity contribution in [3.8, 4) is 0 Å². The Balaban J connectivity index is 3.71. The quantitative estimate of drug-likeness (QED) is 0.558. The maximum absolute atomic E-state index is 11.3. The van der Waals surface area contributed by atoms with E-state index in [9.17, 15) is 4.79 Å². The van der Waals surface area contributed by atoms with E-state index in [1.165, 1.54) is 0 Å². The molecule has 0 aromatic rings. The molecule has 0 spiro atoms. The van der Waals surface area contributed by atoms with Crippen molar-refractivity contribution in [2.24, 2.45) is 0 Å². The number of hydrogen-bond donors (Lipinski definition) is 0. The summed E-state index contributed by atoms with van der Waals surface area (Å²) in [5.41, 5.74) is 0. The number of ether oxygens (including phenoxy) is 1. The van der Waals surface area contributed by atoms with Crippen LogP contribution in [0.2, 0.25) is 0 Å². The van der Waals surface area contributed by atoms with Crippen molar-refractivity contribution in [3.05, 3.63) is 0 Å². The number of unbranched alkanes of at least 4 members (excludes halogenated alkanes) is 1. The van der Waals surface area contributed by atoms with Crippen molar-refractivity contribution in [1.82, 2.24) is 0 Å². The van der Waals surface area contributed by atoms with Crippen LogP contribution in [0.5, 0.6) is 0 Å². The van der Waals surface area contributed by atoms with Gasteiger partial charge in [0.05, 0.1) is 0 Å². The topological polar surface area (TPSA) is 26.3 Å². The highest BCUT2D eigenvalue weighted by atomic mass is 16.5. The Bertz CT molecular complexity index is 137. The zero-order valence-electron chi connectivity index (χ0n) is 9.84. The van der Waals surface area contributed by atoms with Crippen LogP contribution < -0.4 is 0 Å². The number of rotatable bonds is 8. The van der Waals surface area contributed by atoms with E-state index in [1.807, 2.05) is 0 Å². The Morgan fingerprint density at radius 1 is 1.07 bits per heavy atom. The molecule has 0 aromatic carbocycles. The fraction of sp³-hybridized carbons (Fsp3) is 0.917. The Morgan fingerprint density at radius 2 is 1.64 bits per heavy atom. The van der Waals surface area contributed by atoms with Crippen molar-refractivity contribution < 1.29 is 9.53 Å². The van der Waals surface area contributed by atoms with Gasteiger partial charge in [-0.2, -0.15) is 0 Å². The molecular weight excluding hydrogens is 176 g/mol. The third kappa shape index (κ3) is 6.93. The first-order chi connectivity index (χ1) is 6.74. The third-order valence-corrected chi connectivity index (χ3v) is 2.25. The summed E-state index contributed by atoms with van der Waals surface area (Å²) in [6.45, 7) is 6.34. The van der Waals surface area contributed by atoms with E-state index in [4.69, 9.17) is 4.74 Å². The third-order valence-electron chi connectivity index (χ3n) is 2.25. The molecule has 2 heteroatoms. The van der Waals surface area contributed by atoms with Crippen molar-refractivity contribution in [2.75, 3.05) is 0 Å². The molecule has 0 rings (SSSR count). The Morgan fingerprint density at radius 3 is 2.07 bits per heavy atom. The van der Waals surface area contributed by atoms with Gasteiger partial charge in [-0.1, -0.05) is 40.0 Å². The highest BCUT2D eigenvalue weighted by Gasteiger charge is 2.11. The summed E-state index contributed by atoms with van der Waals surface area (Å²) in [4.78, 5) is 11.3. The number of hydrogen-bond acceptors (Lipinski definition) is 2. The molecule has 0 aliphatic rings. The molecule has 0 aromatic heterocycles. The number of esters is 1. The van der Waals surface area contributed by atoms with Gasteiger partial charge < -0.3 is 4.74 Å². The molecule has 0 bridgehead atoms. The summed E-state index contributed by atoms with van der Waals surface area (Å²) in [7, 11) is 0. The average Bonchev–Trinajstić information content (AvgIpc) is 2.15. The smallest absolute Gasteiger partial charge is 0.306 e. The van der Waals surface area contributed by atoms with E-state index in [0.29, 0.717) is 6.42 Å². The minimum Gasteiger partial charge on any atom is -0.462 e. The Labute approximate surface area is 88.0 Å². The standard InChI is InChI=1S/C12H24O2/c1-4-7-10-12(13)14-11(8-5-2)9-6-3/h11H,4-10H2,1-3H3. The lowest BCUT2D eigenvalue weighted by Gasteiger charge is -2.16. The van der Waals surface area contributed by atoms with E-state index >= 15 is 0 Å². The lowest BCUT2D eigenvalue weighted by Crippen LogP contribution is -2.17. The molecule has 0 saturated carbocycles. The minimum absolute atomic E-state index is 0.0150. The summed E-state index contributed by atoms with van der Waals surface area (Å²) in [5, 5.41) is 0. The first kappa shape index (κ1) is 13.5. The van der Waals surface area contributed by atoms with Crippen LogP contribution in [0.15, 0.2) is 0 Å². The van der Waals surface area contributed by atoms with Crippen molar-refractivity contribution >= 4 is 5.97 Å². The highest BCUT2D eigenvalue weighted by molar-refractivity contribution is 5.69. The normalized spacial score (nSPS) is 10.6. The molecule has 0 unspecified atom stereocenters. The molecule has 0 aliphatic heterocycles. The lowest BCUT2D eigenvalue weighted by molar-refractivity contribution is -0.149. The minimum atomic E-state index is -0.0150. The van der Waals surface area contributed by atoms with Gasteiger partial charge in [-0.15, -0.1) is 0 Å². The number of carbonyl (C=O) groups is 1. The first-order valence-electron chi connectivity index (χ1n) is 5.94. The molecule has 14 heavy (non-hydrogen) atoms. The van der Waals surface area contributed by atoms with Gasteiger partial charge in [-0.25, -0.2) is 0 Å². The molecule has 0 radical (unpaired) electrons. The highest BCUT2D eigenvalue weighted by Crippen LogP contribution is 2.11. The second-order valence-corrected chi connectivity index (χ2v) is 3.79. The van der Waals surface area contributed by atoms with E-state index < -0.39 is 0 Å². The van der Waals surface area contributed by atoms with Crippen LogP contribution in [0.25, 0.3) is 0 Å². The van der Waals surface area contributed by atoms with Crippen LogP contribution in [-0.2, 0) is 9.53 Å². The second kappa shape index (κ2) is 9.04. The van der Waals surface area contributed by atoms with Gasteiger partial charge in [0.1, 0.15) is 6.10 Å². The van der Waals surface area contributed by atoms with Crippen LogP contribution >= 0.6 is 0 Å². The van der Waals surface area contributed by atoms with Crippen LogP contribution in [0.1, 0.15) is 65.7 Å². The summed E-state index contributed by atoms with van der Waals surface area (Å²) in [6.07, 6.45) is 6.94. The van der Waals surface area contributed by atoms with E-state index in [0.717, 1.165) is 38.5 Å². The van der Waals surface area contributed by atoms with Gasteiger partial charge in [-0.05, 0) is 19.3 Å². The largest absolute Gasteiger partial charge is 0.462 e. The van der Waals surface area contributed by atoms with Crippen LogP contribution in [-0.4, -0.2) is 12.1 Å². The van der Waals surface area contributed by atoms with E-state index in [2.05, 4.69) is 20.8 Å². The van der Waals surface area contributed by atoms with Crippen LogP contribution in [0, 0.1) is 0 Å². The predicted molar refractivity (Wildman–Crippen MR) is 59.2 cm³/mol. The molecule has 0 saturated heterocycles. The van der Waals surface area contributed by atoms with Crippen LogP contribution in [0.3, 0.4) is 0 Å². The molecule has 0 N–H and O–H groups in total. The molecule has 0 fully saturated rings. The van der Waals surface area contributed by atoms with Gasteiger partial charge in [0.2, 0.25) is 0 Å². The van der Waals surface area contributed by atoms with Gasteiger partial charge in [0.25, 0.3) is 0 Å². The molecule has 0 amide bonds. The lowest BCUT2D eigenvalue weighted by atomic mass is 10.1. The maximum Gasteiger partial charge on any atom is 0.306 e. The Kier molecular flexibility index (Phi) is 8.70. The molecule has 0 atom stereocenters. The van der Waals surface area contributed by atoms with E-state index in [1.54, 1.807) is 0 Å². The van der Waals surface area contributed by atoms with Crippen LogP contribution in [0.4, 0.5) is 0 Å². The summed E-state index contributed by atoms with van der Waals surface area (Å²) >= 11 is 0. The van der Waals surface area contributed by atoms with Crippen molar-refractivity contribution in [3.63, 3.8) is 0 Å². The first-order valence-corrected chi connectivity index (χ1v) is 5.94. The van der Waals surface area contributed by atoms with Gasteiger partial charge in [0, 0.05) is 6.42 Å². The number of carbonyl (C=O) groups excluding carboxylic acids is 1. The molecule has 0 heterocycles. The molecule has 84 valence electrons. The monoisotopic (exact) mass is 200 g/mol. The molecule has 2 nitrogen and oxygen atoms in total. The molecule has 0 aliphatic carbocycles. The average molecular weight is 200 g/mol. The summed E-state index contributed by atoms with van der Waals surface area (Å²) in [5.74, 6) is -0.0150. The second-order valence-electron chi connectivity index (χ2n) is 3.79. The van der Waals surface area contributed by atoms with E-state index in [-0.39, 0.29) is 12.1 Å². The summed E-state index contributed by atoms with van der Waals surface area (Å²) in [6, 6.07) is 0.